The van der Waals surface area contributed by atoms with Crippen LogP contribution in [0.2, 0.25) is 0 Å². The van der Waals surface area contributed by atoms with Crippen LogP contribution in [-0.4, -0.2) is 13.1 Å². The summed E-state index contributed by atoms with van der Waals surface area (Å²) in [7, 11) is 1.59. The van der Waals surface area contributed by atoms with E-state index in [2.05, 4.69) is 6.58 Å². The molecule has 0 aliphatic rings. The molecule has 1 rings (SSSR count). The first-order chi connectivity index (χ1) is 7.84. The maximum Gasteiger partial charge on any atom is 0.339 e. The summed E-state index contributed by atoms with van der Waals surface area (Å²) in [5.41, 5.74) is 0.164. The van der Waals surface area contributed by atoms with Crippen molar-refractivity contribution < 1.29 is 14.3 Å². The molecule has 0 spiro atoms. The van der Waals surface area contributed by atoms with Crippen molar-refractivity contribution in [2.75, 3.05) is 7.11 Å². The van der Waals surface area contributed by atoms with Gasteiger partial charge in [0.2, 0.25) is 0 Å². The molecule has 17 heavy (non-hydrogen) atoms. The van der Waals surface area contributed by atoms with E-state index >= 15 is 0 Å². The summed E-state index contributed by atoms with van der Waals surface area (Å²) in [6, 6.07) is 6.85. The summed E-state index contributed by atoms with van der Waals surface area (Å²) < 4.78 is 10.2. The van der Waals surface area contributed by atoms with Crippen LogP contribution < -0.4 is 9.47 Å². The molecule has 0 unspecified atom stereocenters. The Morgan fingerprint density at radius 1 is 1.12 bits per heavy atom. The smallest absolute Gasteiger partial charge is 0.339 e. The summed E-state index contributed by atoms with van der Waals surface area (Å²) in [5.74, 6) is 0.809. The second-order valence-corrected chi connectivity index (χ2v) is 4.79. The largest absolute Gasteiger partial charge is 0.497 e. The Hall–Kier alpha value is -1.77. The molecule has 0 radical (unpaired) electrons. The van der Waals surface area contributed by atoms with E-state index in [4.69, 9.17) is 9.47 Å². The number of hydrogen-bond acceptors (Lipinski definition) is 3. The molecule has 1 aromatic carbocycles. The van der Waals surface area contributed by atoms with E-state index in [-0.39, 0.29) is 5.41 Å². The fourth-order valence-electron chi connectivity index (χ4n) is 1.12. The van der Waals surface area contributed by atoms with Crippen LogP contribution in [0.3, 0.4) is 0 Å². The molecule has 0 N–H and O–H groups in total. The van der Waals surface area contributed by atoms with Gasteiger partial charge in [0.15, 0.2) is 0 Å². The van der Waals surface area contributed by atoms with E-state index in [1.807, 2.05) is 20.8 Å². The standard InChI is InChI=1S/C14H18O3/c1-10(14(2,3)4)13(15)17-12-8-6-11(16-5)7-9-12/h6-9H,1H2,2-5H3. The Morgan fingerprint density at radius 3 is 2.00 bits per heavy atom. The van der Waals surface area contributed by atoms with E-state index in [9.17, 15) is 4.79 Å². The third-order valence-corrected chi connectivity index (χ3v) is 2.42. The fraction of sp³-hybridized carbons (Fsp3) is 0.357. The number of methoxy groups -OCH3 is 1. The molecule has 0 saturated carbocycles. The monoisotopic (exact) mass is 234 g/mol. The molecule has 0 atom stereocenters. The number of carbonyl (C=O) groups excluding carboxylic acids is 1. The van der Waals surface area contributed by atoms with Crippen LogP contribution in [0.4, 0.5) is 0 Å². The number of rotatable bonds is 3. The van der Waals surface area contributed by atoms with Crippen molar-refractivity contribution in [1.82, 2.24) is 0 Å². The lowest BCUT2D eigenvalue weighted by atomic mass is 9.88. The first-order valence-electron chi connectivity index (χ1n) is 5.40. The first kappa shape index (κ1) is 13.3. The van der Waals surface area contributed by atoms with Crippen LogP contribution in [0.25, 0.3) is 0 Å². The van der Waals surface area contributed by atoms with Crippen LogP contribution in [0.5, 0.6) is 11.5 Å². The average molecular weight is 234 g/mol. The molecule has 92 valence electrons. The van der Waals surface area contributed by atoms with Gasteiger partial charge in [-0.3, -0.25) is 0 Å². The minimum atomic E-state index is -0.400. The topological polar surface area (TPSA) is 35.5 Å². The van der Waals surface area contributed by atoms with Gasteiger partial charge in [-0.25, -0.2) is 4.79 Å². The lowest BCUT2D eigenvalue weighted by Gasteiger charge is -2.19. The number of hydrogen-bond donors (Lipinski definition) is 0. The lowest BCUT2D eigenvalue weighted by molar-refractivity contribution is -0.131. The normalized spacial score (nSPS) is 10.8. The van der Waals surface area contributed by atoms with Crippen LogP contribution >= 0.6 is 0 Å². The second kappa shape index (κ2) is 5.04. The highest BCUT2D eigenvalue weighted by Crippen LogP contribution is 2.25. The minimum Gasteiger partial charge on any atom is -0.497 e. The Labute approximate surface area is 102 Å². The van der Waals surface area contributed by atoms with Gasteiger partial charge in [0.05, 0.1) is 7.11 Å². The highest BCUT2D eigenvalue weighted by Gasteiger charge is 2.23. The van der Waals surface area contributed by atoms with Crippen LogP contribution in [0, 0.1) is 5.41 Å². The molecule has 1 aromatic rings. The molecule has 0 heterocycles. The third kappa shape index (κ3) is 3.63. The van der Waals surface area contributed by atoms with Crippen molar-refractivity contribution in [3.63, 3.8) is 0 Å². The molecular weight excluding hydrogens is 216 g/mol. The van der Waals surface area contributed by atoms with E-state index in [0.29, 0.717) is 11.3 Å². The molecule has 0 aromatic heterocycles. The zero-order valence-electron chi connectivity index (χ0n) is 10.7. The number of benzene rings is 1. The van der Waals surface area contributed by atoms with Gasteiger partial charge in [0, 0.05) is 5.57 Å². The Morgan fingerprint density at radius 2 is 1.59 bits per heavy atom. The predicted molar refractivity (Wildman–Crippen MR) is 67.2 cm³/mol. The van der Waals surface area contributed by atoms with Crippen LogP contribution in [0.15, 0.2) is 36.4 Å². The lowest BCUT2D eigenvalue weighted by Crippen LogP contribution is -2.21. The second-order valence-electron chi connectivity index (χ2n) is 4.79. The summed E-state index contributed by atoms with van der Waals surface area (Å²) >= 11 is 0. The number of ether oxygens (including phenoxy) is 2. The van der Waals surface area contributed by atoms with Gasteiger partial charge in [-0.1, -0.05) is 27.4 Å². The van der Waals surface area contributed by atoms with Gasteiger partial charge in [0.25, 0.3) is 0 Å². The average Bonchev–Trinajstić information content (AvgIpc) is 2.27. The fourth-order valence-corrected chi connectivity index (χ4v) is 1.12. The highest BCUT2D eigenvalue weighted by atomic mass is 16.5. The van der Waals surface area contributed by atoms with Crippen molar-refractivity contribution in [2.45, 2.75) is 20.8 Å². The Bertz CT molecular complexity index is 410. The molecule has 0 bridgehead atoms. The molecule has 0 aliphatic heterocycles. The molecule has 0 aliphatic carbocycles. The van der Waals surface area contributed by atoms with Crippen molar-refractivity contribution in [3.05, 3.63) is 36.4 Å². The summed E-state index contributed by atoms with van der Waals surface area (Å²) in [5, 5.41) is 0. The highest BCUT2D eigenvalue weighted by molar-refractivity contribution is 5.90. The Kier molecular flexibility index (Phi) is 3.94. The van der Waals surface area contributed by atoms with Gasteiger partial charge in [0.1, 0.15) is 11.5 Å². The number of carbonyl (C=O) groups is 1. The van der Waals surface area contributed by atoms with Crippen molar-refractivity contribution >= 4 is 5.97 Å². The van der Waals surface area contributed by atoms with Gasteiger partial charge < -0.3 is 9.47 Å². The van der Waals surface area contributed by atoms with Gasteiger partial charge in [-0.15, -0.1) is 0 Å². The maximum absolute atomic E-state index is 11.8. The zero-order chi connectivity index (χ0) is 13.1. The van der Waals surface area contributed by atoms with Crippen LogP contribution in [0.1, 0.15) is 20.8 Å². The summed E-state index contributed by atoms with van der Waals surface area (Å²) in [6.45, 7) is 9.52. The molecule has 0 saturated heterocycles. The van der Waals surface area contributed by atoms with Gasteiger partial charge >= 0.3 is 5.97 Å². The van der Waals surface area contributed by atoms with E-state index < -0.39 is 5.97 Å². The molecule has 0 amide bonds. The Balaban J connectivity index is 2.71. The van der Waals surface area contributed by atoms with Crippen molar-refractivity contribution in [2.24, 2.45) is 5.41 Å². The summed E-state index contributed by atoms with van der Waals surface area (Å²) in [4.78, 5) is 11.8. The summed E-state index contributed by atoms with van der Waals surface area (Å²) in [6.07, 6.45) is 0. The molecule has 0 fully saturated rings. The third-order valence-electron chi connectivity index (χ3n) is 2.42. The van der Waals surface area contributed by atoms with Gasteiger partial charge in [-0.2, -0.15) is 0 Å². The van der Waals surface area contributed by atoms with E-state index in [0.717, 1.165) is 5.75 Å². The minimum absolute atomic E-state index is 0.288. The molecular formula is C14H18O3. The van der Waals surface area contributed by atoms with Crippen LogP contribution in [-0.2, 0) is 4.79 Å². The first-order valence-corrected chi connectivity index (χ1v) is 5.40. The van der Waals surface area contributed by atoms with E-state index in [1.54, 1.807) is 31.4 Å². The predicted octanol–water partition coefficient (Wildman–Crippen LogP) is 3.20. The molecule has 3 nitrogen and oxygen atoms in total. The quantitative estimate of drug-likeness (QED) is 0.457. The van der Waals surface area contributed by atoms with Gasteiger partial charge in [-0.05, 0) is 29.7 Å². The molecule has 3 heteroatoms. The zero-order valence-corrected chi connectivity index (χ0v) is 10.7. The van der Waals surface area contributed by atoms with E-state index in [1.165, 1.54) is 0 Å². The van der Waals surface area contributed by atoms with Crippen molar-refractivity contribution in [1.29, 1.82) is 0 Å². The van der Waals surface area contributed by atoms with Crippen molar-refractivity contribution in [3.8, 4) is 11.5 Å². The maximum atomic E-state index is 11.8. The SMILES string of the molecule is C=C(C(=O)Oc1ccc(OC)cc1)C(C)(C)C. The number of esters is 1.